The second kappa shape index (κ2) is 3.13. The average molecular weight is 194 g/mol. The summed E-state index contributed by atoms with van der Waals surface area (Å²) < 4.78 is 5.15. The Morgan fingerprint density at radius 2 is 2.43 bits per heavy atom. The molecular weight excluding hydrogens is 180 g/mol. The molecule has 0 atom stereocenters. The Hall–Kier alpha value is -1.29. The van der Waals surface area contributed by atoms with Crippen molar-refractivity contribution in [1.82, 2.24) is 4.90 Å². The Morgan fingerprint density at radius 3 is 2.93 bits per heavy atom. The highest BCUT2D eigenvalue weighted by molar-refractivity contribution is 5.88. The number of carbonyl (C=O) groups excluding carboxylic acids is 1. The van der Waals surface area contributed by atoms with Crippen molar-refractivity contribution in [2.24, 2.45) is 5.73 Å². The minimum Gasteiger partial charge on any atom is -0.467 e. The molecule has 0 saturated heterocycles. The zero-order valence-electron chi connectivity index (χ0n) is 8.19. The van der Waals surface area contributed by atoms with Gasteiger partial charge in [-0.2, -0.15) is 0 Å². The minimum atomic E-state index is -0.582. The molecule has 1 aromatic heterocycles. The highest BCUT2D eigenvalue weighted by atomic mass is 16.3. The maximum Gasteiger partial charge on any atom is 0.242 e. The molecule has 0 spiro atoms. The lowest BCUT2D eigenvalue weighted by atomic mass is 10.2. The second-order valence-corrected chi connectivity index (χ2v) is 3.90. The summed E-state index contributed by atoms with van der Waals surface area (Å²) in [5.74, 6) is 0.791. The second-order valence-electron chi connectivity index (χ2n) is 3.90. The summed E-state index contributed by atoms with van der Waals surface area (Å²) in [4.78, 5) is 13.3. The van der Waals surface area contributed by atoms with Gasteiger partial charge in [0, 0.05) is 7.05 Å². The van der Waals surface area contributed by atoms with E-state index in [4.69, 9.17) is 10.2 Å². The lowest BCUT2D eigenvalue weighted by Gasteiger charge is -2.19. The third kappa shape index (κ3) is 1.65. The van der Waals surface area contributed by atoms with E-state index in [1.807, 2.05) is 12.1 Å². The van der Waals surface area contributed by atoms with Gasteiger partial charge < -0.3 is 15.1 Å². The standard InChI is InChI=1S/C10H14N2O2/c1-12(7-8-3-2-6-14-8)9(13)10(11)4-5-10/h2-3,6H,4-5,7,11H2,1H3. The van der Waals surface area contributed by atoms with Crippen molar-refractivity contribution < 1.29 is 9.21 Å². The van der Waals surface area contributed by atoms with E-state index >= 15 is 0 Å². The first-order valence-corrected chi connectivity index (χ1v) is 4.69. The smallest absolute Gasteiger partial charge is 0.242 e. The number of nitrogens with two attached hydrogens (primary N) is 1. The van der Waals surface area contributed by atoms with Crippen molar-refractivity contribution >= 4 is 5.91 Å². The van der Waals surface area contributed by atoms with E-state index in [1.165, 1.54) is 0 Å². The van der Waals surface area contributed by atoms with Gasteiger partial charge in [0.1, 0.15) is 5.76 Å². The maximum atomic E-state index is 11.7. The molecule has 4 nitrogen and oxygen atoms in total. The first kappa shape index (κ1) is 9.27. The van der Waals surface area contributed by atoms with Crippen molar-refractivity contribution in [2.75, 3.05) is 7.05 Å². The number of rotatable bonds is 3. The van der Waals surface area contributed by atoms with Gasteiger partial charge in [-0.3, -0.25) is 4.79 Å². The zero-order valence-corrected chi connectivity index (χ0v) is 8.19. The molecule has 4 heteroatoms. The highest BCUT2D eigenvalue weighted by Gasteiger charge is 2.47. The Labute approximate surface area is 82.7 Å². The topological polar surface area (TPSA) is 59.5 Å². The van der Waals surface area contributed by atoms with Crippen LogP contribution in [0.3, 0.4) is 0 Å². The quantitative estimate of drug-likeness (QED) is 0.771. The highest BCUT2D eigenvalue weighted by Crippen LogP contribution is 2.34. The van der Waals surface area contributed by atoms with Crippen LogP contribution in [0.25, 0.3) is 0 Å². The lowest BCUT2D eigenvalue weighted by Crippen LogP contribution is -2.43. The number of carbonyl (C=O) groups is 1. The fraction of sp³-hybridized carbons (Fsp3) is 0.500. The minimum absolute atomic E-state index is 0.00824. The van der Waals surface area contributed by atoms with E-state index in [-0.39, 0.29) is 5.91 Å². The Kier molecular flexibility index (Phi) is 2.07. The van der Waals surface area contributed by atoms with Crippen LogP contribution in [0.4, 0.5) is 0 Å². The van der Waals surface area contributed by atoms with Gasteiger partial charge in [0.05, 0.1) is 18.3 Å². The van der Waals surface area contributed by atoms with Gasteiger partial charge in [0.25, 0.3) is 0 Å². The van der Waals surface area contributed by atoms with Gasteiger partial charge >= 0.3 is 0 Å². The van der Waals surface area contributed by atoms with Crippen LogP contribution >= 0.6 is 0 Å². The summed E-state index contributed by atoms with van der Waals surface area (Å²) in [5.41, 5.74) is 5.22. The van der Waals surface area contributed by atoms with Gasteiger partial charge in [-0.25, -0.2) is 0 Å². The molecule has 76 valence electrons. The van der Waals surface area contributed by atoms with Crippen LogP contribution in [0, 0.1) is 0 Å². The van der Waals surface area contributed by atoms with E-state index in [9.17, 15) is 4.79 Å². The molecule has 2 N–H and O–H groups in total. The SMILES string of the molecule is CN(Cc1ccco1)C(=O)C1(N)CC1. The van der Waals surface area contributed by atoms with Crippen LogP contribution in [0.2, 0.25) is 0 Å². The summed E-state index contributed by atoms with van der Waals surface area (Å²) in [6.07, 6.45) is 3.20. The molecule has 1 aromatic rings. The number of nitrogens with zero attached hydrogens (tertiary/aromatic N) is 1. The third-order valence-corrected chi connectivity index (χ3v) is 2.53. The lowest BCUT2D eigenvalue weighted by molar-refractivity contribution is -0.133. The summed E-state index contributed by atoms with van der Waals surface area (Å²) in [6.45, 7) is 0.491. The molecule has 0 aliphatic heterocycles. The third-order valence-electron chi connectivity index (χ3n) is 2.53. The van der Waals surface area contributed by atoms with Crippen LogP contribution < -0.4 is 5.73 Å². The molecule has 1 saturated carbocycles. The predicted molar refractivity (Wildman–Crippen MR) is 51.3 cm³/mol. The molecular formula is C10H14N2O2. The van der Waals surface area contributed by atoms with Crippen LogP contribution in [-0.2, 0) is 11.3 Å². The van der Waals surface area contributed by atoms with E-state index < -0.39 is 5.54 Å². The van der Waals surface area contributed by atoms with E-state index in [0.717, 1.165) is 18.6 Å². The van der Waals surface area contributed by atoms with E-state index in [2.05, 4.69) is 0 Å². The maximum absolute atomic E-state index is 11.7. The Balaban J connectivity index is 1.96. The molecule has 1 aliphatic carbocycles. The Bertz CT molecular complexity index is 328. The van der Waals surface area contributed by atoms with Gasteiger partial charge in [-0.15, -0.1) is 0 Å². The summed E-state index contributed by atoms with van der Waals surface area (Å²) in [6, 6.07) is 3.66. The van der Waals surface area contributed by atoms with Gasteiger partial charge in [0.2, 0.25) is 5.91 Å². The average Bonchev–Trinajstić information content (AvgIpc) is 2.71. The molecule has 14 heavy (non-hydrogen) atoms. The van der Waals surface area contributed by atoms with E-state index in [0.29, 0.717) is 6.54 Å². The van der Waals surface area contributed by atoms with Gasteiger partial charge in [-0.1, -0.05) is 0 Å². The number of hydrogen-bond acceptors (Lipinski definition) is 3. The van der Waals surface area contributed by atoms with Gasteiger partial charge in [-0.05, 0) is 25.0 Å². The van der Waals surface area contributed by atoms with Crippen LogP contribution in [0.15, 0.2) is 22.8 Å². The molecule has 1 heterocycles. The normalized spacial score (nSPS) is 17.9. The number of amides is 1. The van der Waals surface area contributed by atoms with Gasteiger partial charge in [0.15, 0.2) is 0 Å². The number of hydrogen-bond donors (Lipinski definition) is 1. The molecule has 1 aliphatic rings. The first-order valence-electron chi connectivity index (χ1n) is 4.69. The Morgan fingerprint density at radius 1 is 1.71 bits per heavy atom. The van der Waals surface area contributed by atoms with Crippen molar-refractivity contribution in [1.29, 1.82) is 0 Å². The molecule has 0 aromatic carbocycles. The summed E-state index contributed by atoms with van der Waals surface area (Å²) in [5, 5.41) is 0. The molecule has 0 radical (unpaired) electrons. The summed E-state index contributed by atoms with van der Waals surface area (Å²) in [7, 11) is 1.75. The van der Waals surface area contributed by atoms with Crippen LogP contribution in [0.5, 0.6) is 0 Å². The van der Waals surface area contributed by atoms with Crippen molar-refractivity contribution in [3.8, 4) is 0 Å². The molecule has 0 bridgehead atoms. The predicted octanol–water partition coefficient (Wildman–Crippen LogP) is 0.729. The largest absolute Gasteiger partial charge is 0.467 e. The monoisotopic (exact) mass is 194 g/mol. The fourth-order valence-electron chi connectivity index (χ4n) is 1.44. The first-order chi connectivity index (χ1) is 6.62. The number of likely N-dealkylation sites (N-methyl/N-ethyl adjacent to an activating group) is 1. The van der Waals surface area contributed by atoms with Crippen molar-refractivity contribution in [3.63, 3.8) is 0 Å². The fourth-order valence-corrected chi connectivity index (χ4v) is 1.44. The van der Waals surface area contributed by atoms with E-state index in [1.54, 1.807) is 18.2 Å². The summed E-state index contributed by atoms with van der Waals surface area (Å²) >= 11 is 0. The zero-order chi connectivity index (χ0) is 10.2. The van der Waals surface area contributed by atoms with Crippen molar-refractivity contribution in [2.45, 2.75) is 24.9 Å². The van der Waals surface area contributed by atoms with Crippen molar-refractivity contribution in [3.05, 3.63) is 24.2 Å². The molecule has 0 unspecified atom stereocenters. The van der Waals surface area contributed by atoms with Crippen LogP contribution in [-0.4, -0.2) is 23.4 Å². The molecule has 2 rings (SSSR count). The number of furan rings is 1. The van der Waals surface area contributed by atoms with Crippen LogP contribution in [0.1, 0.15) is 18.6 Å². The molecule has 1 fully saturated rings. The molecule has 1 amide bonds.